The number of fused-ring (bicyclic) bond motifs is 1. The predicted octanol–water partition coefficient (Wildman–Crippen LogP) is 1.70. The van der Waals surface area contributed by atoms with Gasteiger partial charge in [0.1, 0.15) is 5.78 Å². The first-order chi connectivity index (χ1) is 7.11. The van der Waals surface area contributed by atoms with Gasteiger partial charge in [0.25, 0.3) is 5.91 Å². The van der Waals surface area contributed by atoms with Crippen LogP contribution in [0.3, 0.4) is 0 Å². The van der Waals surface area contributed by atoms with Crippen LogP contribution in [0.15, 0.2) is 24.3 Å². The van der Waals surface area contributed by atoms with Crippen molar-refractivity contribution >= 4 is 11.7 Å². The summed E-state index contributed by atoms with van der Waals surface area (Å²) in [6.07, 6.45) is 0. The molecule has 0 fully saturated rings. The third-order valence-corrected chi connectivity index (χ3v) is 2.97. The monoisotopic (exact) mass is 203 g/mol. The van der Waals surface area contributed by atoms with Gasteiger partial charge in [-0.25, -0.2) is 0 Å². The van der Waals surface area contributed by atoms with Crippen molar-refractivity contribution in [3.63, 3.8) is 0 Å². The van der Waals surface area contributed by atoms with Gasteiger partial charge in [-0.3, -0.25) is 9.59 Å². The summed E-state index contributed by atoms with van der Waals surface area (Å²) in [4.78, 5) is 22.9. The number of carbonyl (C=O) groups is 2. The van der Waals surface area contributed by atoms with Crippen molar-refractivity contribution in [2.75, 3.05) is 0 Å². The lowest BCUT2D eigenvalue weighted by Gasteiger charge is -2.17. The number of benzene rings is 1. The molecular weight excluding hydrogens is 190 g/mol. The fourth-order valence-electron chi connectivity index (χ4n) is 1.90. The highest BCUT2D eigenvalue weighted by Crippen LogP contribution is 2.30. The molecule has 0 aliphatic carbocycles. The Bertz CT molecular complexity index is 425. The summed E-state index contributed by atoms with van der Waals surface area (Å²) >= 11 is 0. The standard InChI is InChI=1S/C12H13NO2/c1-7(8(2)14)11-9-5-3-4-6-10(9)12(15)13-11/h3-7,11H,1-2H3,(H,13,15). The molecule has 78 valence electrons. The summed E-state index contributed by atoms with van der Waals surface area (Å²) in [6.45, 7) is 3.40. The van der Waals surface area contributed by atoms with Crippen molar-refractivity contribution < 1.29 is 9.59 Å². The Balaban J connectivity index is 2.40. The van der Waals surface area contributed by atoms with Crippen LogP contribution in [0.25, 0.3) is 0 Å². The second kappa shape index (κ2) is 3.50. The molecule has 0 spiro atoms. The third-order valence-electron chi connectivity index (χ3n) is 2.97. The molecular formula is C12H13NO2. The predicted molar refractivity (Wildman–Crippen MR) is 56.5 cm³/mol. The Kier molecular flexibility index (Phi) is 2.31. The maximum absolute atomic E-state index is 11.6. The molecule has 3 nitrogen and oxygen atoms in total. The second-order valence-corrected chi connectivity index (χ2v) is 3.94. The van der Waals surface area contributed by atoms with E-state index in [0.29, 0.717) is 5.56 Å². The molecule has 0 saturated carbocycles. The van der Waals surface area contributed by atoms with Crippen LogP contribution >= 0.6 is 0 Å². The number of carbonyl (C=O) groups excluding carboxylic acids is 2. The zero-order chi connectivity index (χ0) is 11.0. The first-order valence-electron chi connectivity index (χ1n) is 5.01. The first kappa shape index (κ1) is 9.90. The molecule has 0 saturated heterocycles. The van der Waals surface area contributed by atoms with Crippen molar-refractivity contribution in [3.8, 4) is 0 Å². The Morgan fingerprint density at radius 2 is 2.07 bits per heavy atom. The summed E-state index contributed by atoms with van der Waals surface area (Å²) < 4.78 is 0. The highest BCUT2D eigenvalue weighted by Gasteiger charge is 2.33. The van der Waals surface area contributed by atoms with Gasteiger partial charge in [0.15, 0.2) is 0 Å². The second-order valence-electron chi connectivity index (χ2n) is 3.94. The van der Waals surface area contributed by atoms with Crippen molar-refractivity contribution in [1.82, 2.24) is 5.32 Å². The molecule has 1 heterocycles. The summed E-state index contributed by atoms with van der Waals surface area (Å²) in [5, 5.41) is 2.84. The smallest absolute Gasteiger partial charge is 0.252 e. The summed E-state index contributed by atoms with van der Waals surface area (Å²) in [6, 6.07) is 7.25. The average Bonchev–Trinajstić information content (AvgIpc) is 2.56. The molecule has 3 heteroatoms. The van der Waals surface area contributed by atoms with E-state index in [0.717, 1.165) is 5.56 Å². The molecule has 2 atom stereocenters. The van der Waals surface area contributed by atoms with E-state index in [-0.39, 0.29) is 23.7 Å². The molecule has 1 amide bonds. The Morgan fingerprint density at radius 1 is 1.40 bits per heavy atom. The molecule has 1 aromatic rings. The van der Waals surface area contributed by atoms with Gasteiger partial charge in [0.2, 0.25) is 0 Å². The third kappa shape index (κ3) is 1.54. The minimum absolute atomic E-state index is 0.0799. The van der Waals surface area contributed by atoms with Crippen LogP contribution < -0.4 is 5.32 Å². The van der Waals surface area contributed by atoms with E-state index in [1.165, 1.54) is 0 Å². The highest BCUT2D eigenvalue weighted by atomic mass is 16.2. The quantitative estimate of drug-likeness (QED) is 0.795. The van der Waals surface area contributed by atoms with Gasteiger partial charge in [-0.15, -0.1) is 0 Å². The van der Waals surface area contributed by atoms with Gasteiger partial charge >= 0.3 is 0 Å². The van der Waals surface area contributed by atoms with E-state index >= 15 is 0 Å². The molecule has 0 aromatic heterocycles. The van der Waals surface area contributed by atoms with Crippen molar-refractivity contribution in [3.05, 3.63) is 35.4 Å². The minimum Gasteiger partial charge on any atom is -0.344 e. The maximum atomic E-state index is 11.6. The van der Waals surface area contributed by atoms with Crippen LogP contribution in [-0.2, 0) is 4.79 Å². The lowest BCUT2D eigenvalue weighted by Crippen LogP contribution is -2.27. The van der Waals surface area contributed by atoms with Gasteiger partial charge in [-0.1, -0.05) is 25.1 Å². The van der Waals surface area contributed by atoms with Crippen molar-refractivity contribution in [2.45, 2.75) is 19.9 Å². The molecule has 0 radical (unpaired) electrons. The van der Waals surface area contributed by atoms with E-state index in [9.17, 15) is 9.59 Å². The number of nitrogens with one attached hydrogen (secondary N) is 1. The number of hydrogen-bond acceptors (Lipinski definition) is 2. The van der Waals surface area contributed by atoms with Gasteiger partial charge in [0.05, 0.1) is 6.04 Å². The zero-order valence-electron chi connectivity index (χ0n) is 8.78. The molecule has 1 N–H and O–H groups in total. The van der Waals surface area contributed by atoms with Gasteiger partial charge in [-0.2, -0.15) is 0 Å². The normalized spacial score (nSPS) is 20.7. The number of ketones is 1. The maximum Gasteiger partial charge on any atom is 0.252 e. The number of hydrogen-bond donors (Lipinski definition) is 1. The van der Waals surface area contributed by atoms with Crippen LogP contribution in [-0.4, -0.2) is 11.7 Å². The van der Waals surface area contributed by atoms with Gasteiger partial charge in [-0.05, 0) is 18.6 Å². The Labute approximate surface area is 88.5 Å². The molecule has 15 heavy (non-hydrogen) atoms. The average molecular weight is 203 g/mol. The lowest BCUT2D eigenvalue weighted by molar-refractivity contribution is -0.121. The highest BCUT2D eigenvalue weighted by molar-refractivity contribution is 6.00. The zero-order valence-corrected chi connectivity index (χ0v) is 8.78. The largest absolute Gasteiger partial charge is 0.344 e. The van der Waals surface area contributed by atoms with E-state index in [1.54, 1.807) is 13.0 Å². The van der Waals surface area contributed by atoms with Gasteiger partial charge in [0, 0.05) is 11.5 Å². The van der Waals surface area contributed by atoms with Crippen LogP contribution in [0, 0.1) is 5.92 Å². The Morgan fingerprint density at radius 3 is 2.73 bits per heavy atom. The van der Waals surface area contributed by atoms with Crippen LogP contribution in [0.2, 0.25) is 0 Å². The van der Waals surface area contributed by atoms with Gasteiger partial charge < -0.3 is 5.32 Å². The molecule has 1 aliphatic heterocycles. The van der Waals surface area contributed by atoms with E-state index in [4.69, 9.17) is 0 Å². The fraction of sp³-hybridized carbons (Fsp3) is 0.333. The lowest BCUT2D eigenvalue weighted by atomic mass is 9.92. The van der Waals surface area contributed by atoms with E-state index < -0.39 is 0 Å². The first-order valence-corrected chi connectivity index (χ1v) is 5.01. The van der Waals surface area contributed by atoms with Crippen LogP contribution in [0.1, 0.15) is 35.8 Å². The van der Waals surface area contributed by atoms with Crippen molar-refractivity contribution in [2.24, 2.45) is 5.92 Å². The van der Waals surface area contributed by atoms with Crippen molar-refractivity contribution in [1.29, 1.82) is 0 Å². The van der Waals surface area contributed by atoms with Crippen LogP contribution in [0.4, 0.5) is 0 Å². The molecule has 1 aliphatic rings. The van der Waals surface area contributed by atoms with E-state index in [2.05, 4.69) is 5.32 Å². The molecule has 2 rings (SSSR count). The molecule has 0 bridgehead atoms. The molecule has 2 unspecified atom stereocenters. The van der Waals surface area contributed by atoms with Crippen LogP contribution in [0.5, 0.6) is 0 Å². The SMILES string of the molecule is CC(=O)C(C)C1NC(=O)c2ccccc21. The molecule has 1 aromatic carbocycles. The summed E-state index contributed by atoms with van der Waals surface area (Å²) in [7, 11) is 0. The summed E-state index contributed by atoms with van der Waals surface area (Å²) in [5.74, 6) is -0.154. The number of Topliss-reactive ketones (excluding diaryl/α,β-unsaturated/α-hetero) is 1. The topological polar surface area (TPSA) is 46.2 Å². The number of amides is 1. The summed E-state index contributed by atoms with van der Waals surface area (Å²) in [5.41, 5.74) is 1.63. The Hall–Kier alpha value is -1.64. The fourth-order valence-corrected chi connectivity index (χ4v) is 1.90. The minimum atomic E-state index is -0.169. The number of rotatable bonds is 2. The van der Waals surface area contributed by atoms with E-state index in [1.807, 2.05) is 25.1 Å².